The van der Waals surface area contributed by atoms with Crippen LogP contribution < -0.4 is 11.4 Å². The number of ether oxygens (including phenoxy) is 1. The van der Waals surface area contributed by atoms with E-state index in [1.54, 1.807) is 0 Å². The van der Waals surface area contributed by atoms with Crippen LogP contribution in [0.15, 0.2) is 17.1 Å². The molecule has 5 atom stereocenters. The van der Waals surface area contributed by atoms with Gasteiger partial charge in [0.1, 0.15) is 30.0 Å². The van der Waals surface area contributed by atoms with Crippen molar-refractivity contribution in [2.45, 2.75) is 25.4 Å². The van der Waals surface area contributed by atoms with Crippen LogP contribution in [0.2, 0.25) is 0 Å². The van der Waals surface area contributed by atoms with Gasteiger partial charge in [0.15, 0.2) is 6.23 Å². The van der Waals surface area contributed by atoms with Crippen LogP contribution >= 0.6 is 8.25 Å². The first kappa shape index (κ1) is 16.5. The minimum absolute atomic E-state index is 0.0411. The van der Waals surface area contributed by atoms with E-state index in [0.717, 1.165) is 4.57 Å². The number of hydrogen-bond acceptors (Lipinski definition) is 7. The number of hydrogen-bond donors (Lipinski definition) is 3. The summed E-state index contributed by atoms with van der Waals surface area (Å²) in [6, 6.07) is 1.39. The predicted molar refractivity (Wildman–Crippen MR) is 75.5 cm³/mol. The molecule has 0 amide bonds. The van der Waals surface area contributed by atoms with E-state index in [4.69, 9.17) is 21.8 Å². The van der Waals surface area contributed by atoms with E-state index >= 15 is 0 Å². The maximum absolute atomic E-state index is 11.9. The Bertz CT molecular complexity index is 686. The quantitative estimate of drug-likeness (QED) is 0.492. The number of nitrogens with two attached hydrogens (primary N) is 1. The molecule has 0 aromatic carbocycles. The number of nitrogens with zero attached hydrogens (tertiary/aromatic N) is 2. The van der Waals surface area contributed by atoms with Crippen molar-refractivity contribution in [3.63, 3.8) is 0 Å². The van der Waals surface area contributed by atoms with Crippen LogP contribution in [0.3, 0.4) is 0 Å². The molecule has 1 aliphatic rings. The van der Waals surface area contributed by atoms with Crippen molar-refractivity contribution in [3.05, 3.63) is 22.7 Å². The number of aliphatic hydroxyl groups is 1. The number of aromatic nitrogens is 2. The second-order valence-electron chi connectivity index (χ2n) is 4.97. The summed E-state index contributed by atoms with van der Waals surface area (Å²) in [5.41, 5.74) is 3.49. The van der Waals surface area contributed by atoms with Crippen LogP contribution in [-0.2, 0) is 13.8 Å². The van der Waals surface area contributed by atoms with E-state index in [0.29, 0.717) is 0 Å². The first-order chi connectivity index (χ1) is 10.3. The van der Waals surface area contributed by atoms with Crippen LogP contribution in [0.5, 0.6) is 0 Å². The van der Waals surface area contributed by atoms with E-state index in [2.05, 4.69) is 15.4 Å². The van der Waals surface area contributed by atoms with Crippen LogP contribution in [0.4, 0.5) is 5.82 Å². The summed E-state index contributed by atoms with van der Waals surface area (Å²) < 4.78 is 21.8. The van der Waals surface area contributed by atoms with E-state index in [1.165, 1.54) is 19.2 Å². The van der Waals surface area contributed by atoms with E-state index in [9.17, 15) is 14.5 Å². The molecule has 1 aromatic heterocycles. The fourth-order valence-electron chi connectivity index (χ4n) is 2.30. The third-order valence-corrected chi connectivity index (χ3v) is 3.92. The molecule has 0 bridgehead atoms. The minimum Gasteiger partial charge on any atom is -0.389 e. The third-order valence-electron chi connectivity index (χ3n) is 3.55. The molecule has 1 saturated heterocycles. The molecule has 2 rings (SSSR count). The molecule has 9 nitrogen and oxygen atoms in total. The summed E-state index contributed by atoms with van der Waals surface area (Å²) in [6.07, 6.45) is 3.65. The van der Waals surface area contributed by atoms with Gasteiger partial charge < -0.3 is 15.6 Å². The lowest BCUT2D eigenvalue weighted by Gasteiger charge is -2.27. The zero-order valence-corrected chi connectivity index (χ0v) is 12.5. The standard InChI is InChI=1S/C12H14N3O6P/c1-3-12(2)9(16)7(6-20-22(18)19)21-10(12)15-5-4-8(13)14-11(15)17/h1,4-5,7,9-10,16H,6H2,2H3,(H2-,13,14,17,18,19)/p+1. The Balaban J connectivity index is 2.36. The van der Waals surface area contributed by atoms with Crippen molar-refractivity contribution in [3.8, 4) is 12.3 Å². The maximum atomic E-state index is 11.9. The SMILES string of the molecule is C#CC1(C)C(O)C(CO[P+](=O)O)OC1n1ccc(N)nc1=O. The molecule has 0 aliphatic carbocycles. The Hall–Kier alpha value is -1.82. The Morgan fingerprint density at radius 1 is 1.73 bits per heavy atom. The lowest BCUT2D eigenvalue weighted by Crippen LogP contribution is -2.39. The monoisotopic (exact) mass is 328 g/mol. The molecule has 4 N–H and O–H groups in total. The smallest absolute Gasteiger partial charge is 0.389 e. The van der Waals surface area contributed by atoms with E-state index in [-0.39, 0.29) is 12.4 Å². The summed E-state index contributed by atoms with van der Waals surface area (Å²) in [6.45, 7) is 1.18. The molecule has 2 heterocycles. The van der Waals surface area contributed by atoms with Crippen molar-refractivity contribution in [2.75, 3.05) is 12.3 Å². The van der Waals surface area contributed by atoms with Gasteiger partial charge in [0.25, 0.3) is 0 Å². The molecule has 0 spiro atoms. The fraction of sp³-hybridized carbons (Fsp3) is 0.500. The van der Waals surface area contributed by atoms with Crippen molar-refractivity contribution in [2.24, 2.45) is 5.41 Å². The molecule has 10 heteroatoms. The predicted octanol–water partition coefficient (Wildman–Crippen LogP) is -0.610. The molecule has 22 heavy (non-hydrogen) atoms. The summed E-state index contributed by atoms with van der Waals surface area (Å²) in [5.74, 6) is 2.45. The highest BCUT2D eigenvalue weighted by atomic mass is 31.1. The average molecular weight is 328 g/mol. The largest absolute Gasteiger partial charge is 0.694 e. The number of anilines is 1. The number of aliphatic hydroxyl groups excluding tert-OH is 1. The van der Waals surface area contributed by atoms with Crippen molar-refractivity contribution in [1.82, 2.24) is 9.55 Å². The molecular weight excluding hydrogens is 313 g/mol. The van der Waals surface area contributed by atoms with Gasteiger partial charge in [-0.1, -0.05) is 5.92 Å². The van der Waals surface area contributed by atoms with Gasteiger partial charge in [-0.05, 0) is 13.0 Å². The normalized spacial score (nSPS) is 31.7. The maximum Gasteiger partial charge on any atom is 0.694 e. The average Bonchev–Trinajstić information content (AvgIpc) is 2.70. The number of nitrogen functional groups attached to an aromatic ring is 1. The summed E-state index contributed by atoms with van der Waals surface area (Å²) in [4.78, 5) is 24.2. The summed E-state index contributed by atoms with van der Waals surface area (Å²) in [5, 5.41) is 10.3. The lowest BCUT2D eigenvalue weighted by molar-refractivity contribution is -0.0461. The van der Waals surface area contributed by atoms with Gasteiger partial charge >= 0.3 is 13.9 Å². The zero-order chi connectivity index (χ0) is 16.5. The van der Waals surface area contributed by atoms with Crippen molar-refractivity contribution >= 4 is 14.1 Å². The number of rotatable bonds is 4. The van der Waals surface area contributed by atoms with E-state index in [1.807, 2.05) is 0 Å². The topological polar surface area (TPSA) is 137 Å². The third kappa shape index (κ3) is 2.88. The molecule has 1 fully saturated rings. The highest BCUT2D eigenvalue weighted by Crippen LogP contribution is 2.44. The summed E-state index contributed by atoms with van der Waals surface area (Å²) >= 11 is 0. The van der Waals surface area contributed by atoms with Crippen LogP contribution in [-0.4, -0.2) is 38.4 Å². The van der Waals surface area contributed by atoms with Crippen molar-refractivity contribution < 1.29 is 23.8 Å². The molecule has 5 unspecified atom stereocenters. The van der Waals surface area contributed by atoms with Crippen molar-refractivity contribution in [1.29, 1.82) is 0 Å². The Morgan fingerprint density at radius 2 is 2.41 bits per heavy atom. The first-order valence-electron chi connectivity index (χ1n) is 6.24. The highest BCUT2D eigenvalue weighted by Gasteiger charge is 2.54. The number of terminal acetylenes is 1. The first-order valence-corrected chi connectivity index (χ1v) is 7.37. The second-order valence-corrected chi connectivity index (χ2v) is 5.71. The molecule has 1 aromatic rings. The van der Waals surface area contributed by atoms with Gasteiger partial charge in [0, 0.05) is 10.8 Å². The van der Waals surface area contributed by atoms with Crippen LogP contribution in [0.25, 0.3) is 0 Å². The van der Waals surface area contributed by atoms with Gasteiger partial charge in [-0.2, -0.15) is 4.98 Å². The Labute approximate surface area is 126 Å². The van der Waals surface area contributed by atoms with Crippen LogP contribution in [0.1, 0.15) is 13.2 Å². The van der Waals surface area contributed by atoms with E-state index < -0.39 is 37.8 Å². The second kappa shape index (κ2) is 6.12. The van der Waals surface area contributed by atoms with Gasteiger partial charge in [-0.25, -0.2) is 4.79 Å². The van der Waals surface area contributed by atoms with Gasteiger partial charge in [-0.15, -0.1) is 15.8 Å². The highest BCUT2D eigenvalue weighted by molar-refractivity contribution is 7.32. The molecule has 0 radical (unpaired) electrons. The molecule has 0 saturated carbocycles. The zero-order valence-electron chi connectivity index (χ0n) is 11.6. The summed E-state index contributed by atoms with van der Waals surface area (Å²) in [7, 11) is -2.84. The molecular formula is C12H15N3O6P+. The fourth-order valence-corrected chi connectivity index (χ4v) is 2.57. The Kier molecular flexibility index (Phi) is 4.60. The van der Waals surface area contributed by atoms with Gasteiger partial charge in [0.2, 0.25) is 0 Å². The minimum atomic E-state index is -2.84. The van der Waals surface area contributed by atoms with Gasteiger partial charge in [-0.3, -0.25) is 4.57 Å². The van der Waals surface area contributed by atoms with Crippen LogP contribution in [0, 0.1) is 17.8 Å². The van der Waals surface area contributed by atoms with Gasteiger partial charge in [0.05, 0.1) is 0 Å². The molecule has 118 valence electrons. The molecule has 1 aliphatic heterocycles. The Morgan fingerprint density at radius 3 is 2.95 bits per heavy atom. The lowest BCUT2D eigenvalue weighted by atomic mass is 9.83.